The summed E-state index contributed by atoms with van der Waals surface area (Å²) >= 11 is 0. The maximum absolute atomic E-state index is 11.5. The molecule has 24 heavy (non-hydrogen) atoms. The lowest BCUT2D eigenvalue weighted by atomic mass is 9.91. The molecule has 0 radical (unpaired) electrons. The minimum Gasteiger partial charge on any atom is -0.365 e. The maximum Gasteiger partial charge on any atom is 0.252 e. The molecule has 1 fully saturated rings. The topological polar surface area (TPSA) is 110 Å². The van der Waals surface area contributed by atoms with Crippen molar-refractivity contribution in [3.63, 3.8) is 0 Å². The van der Waals surface area contributed by atoms with E-state index in [0.717, 1.165) is 25.7 Å². The van der Waals surface area contributed by atoms with Gasteiger partial charge in [-0.1, -0.05) is 13.8 Å². The maximum atomic E-state index is 11.5. The molecule has 1 aliphatic rings. The zero-order valence-corrected chi connectivity index (χ0v) is 14.6. The van der Waals surface area contributed by atoms with Gasteiger partial charge in [0.05, 0.1) is 11.3 Å². The molecule has 0 aromatic carbocycles. The summed E-state index contributed by atoms with van der Waals surface area (Å²) in [4.78, 5) is 31.4. The monoisotopic (exact) mass is 333 g/mol. The zero-order chi connectivity index (χ0) is 17.7. The minimum atomic E-state index is -0.493. The summed E-state index contributed by atoms with van der Waals surface area (Å²) in [5.41, 5.74) is 6.49. The molecule has 2 rings (SSSR count). The fourth-order valence-corrected chi connectivity index (χ4v) is 3.09. The highest BCUT2D eigenvalue weighted by atomic mass is 16.1. The highest BCUT2D eigenvalue weighted by Gasteiger charge is 2.22. The van der Waals surface area contributed by atoms with Crippen LogP contribution in [0.25, 0.3) is 0 Å². The average molecular weight is 333 g/mol. The SMILES string of the molecule is CC(=O)NC1CCC(Nc2ncc(C(N)=O)c(CC(C)C)n2)CC1. The Hall–Kier alpha value is -2.18. The fraction of sp³-hybridized carbons (Fsp3) is 0.647. The number of hydrogen-bond donors (Lipinski definition) is 3. The van der Waals surface area contributed by atoms with Crippen LogP contribution in [-0.4, -0.2) is 33.9 Å². The number of nitrogens with zero attached hydrogens (tertiary/aromatic N) is 2. The predicted octanol–water partition coefficient (Wildman–Crippen LogP) is 1.63. The van der Waals surface area contributed by atoms with E-state index < -0.39 is 5.91 Å². The lowest BCUT2D eigenvalue weighted by Gasteiger charge is -2.29. The molecule has 7 heteroatoms. The molecular formula is C17H27N5O2. The van der Waals surface area contributed by atoms with Crippen LogP contribution in [0.5, 0.6) is 0 Å². The van der Waals surface area contributed by atoms with Crippen molar-refractivity contribution >= 4 is 17.8 Å². The number of aromatic nitrogens is 2. The van der Waals surface area contributed by atoms with Gasteiger partial charge in [-0.05, 0) is 38.0 Å². The Balaban J connectivity index is 2.00. The van der Waals surface area contributed by atoms with E-state index in [1.54, 1.807) is 6.92 Å². The van der Waals surface area contributed by atoms with Crippen molar-refractivity contribution in [3.8, 4) is 0 Å². The van der Waals surface area contributed by atoms with Crippen molar-refractivity contribution in [1.29, 1.82) is 0 Å². The van der Waals surface area contributed by atoms with E-state index in [9.17, 15) is 9.59 Å². The lowest BCUT2D eigenvalue weighted by Crippen LogP contribution is -2.39. The number of anilines is 1. The second-order valence-corrected chi connectivity index (χ2v) is 6.91. The van der Waals surface area contributed by atoms with Crippen LogP contribution in [0, 0.1) is 5.92 Å². The zero-order valence-electron chi connectivity index (χ0n) is 14.6. The van der Waals surface area contributed by atoms with E-state index in [4.69, 9.17) is 5.73 Å². The van der Waals surface area contributed by atoms with Crippen LogP contribution in [0.15, 0.2) is 6.20 Å². The Bertz CT molecular complexity index is 595. The highest BCUT2D eigenvalue weighted by molar-refractivity contribution is 5.93. The molecule has 1 saturated carbocycles. The van der Waals surface area contributed by atoms with E-state index in [1.807, 2.05) is 0 Å². The molecule has 0 spiro atoms. The van der Waals surface area contributed by atoms with Crippen molar-refractivity contribution in [3.05, 3.63) is 17.5 Å². The van der Waals surface area contributed by atoms with Crippen LogP contribution in [-0.2, 0) is 11.2 Å². The number of carbonyl (C=O) groups is 2. The second-order valence-electron chi connectivity index (χ2n) is 6.91. The summed E-state index contributed by atoms with van der Waals surface area (Å²) in [5, 5.41) is 6.31. The van der Waals surface area contributed by atoms with Gasteiger partial charge in [-0.2, -0.15) is 0 Å². The van der Waals surface area contributed by atoms with E-state index in [0.29, 0.717) is 29.5 Å². The van der Waals surface area contributed by atoms with Crippen LogP contribution in [0.4, 0.5) is 5.95 Å². The van der Waals surface area contributed by atoms with Gasteiger partial charge in [0.1, 0.15) is 0 Å². The van der Waals surface area contributed by atoms with Crippen molar-refractivity contribution in [2.75, 3.05) is 5.32 Å². The number of hydrogen-bond acceptors (Lipinski definition) is 5. The standard InChI is InChI=1S/C17H27N5O2/c1-10(2)8-15-14(16(18)24)9-19-17(22-15)21-13-6-4-12(5-7-13)20-11(3)23/h9-10,12-13H,4-8H2,1-3H3,(H2,18,24)(H,20,23)(H,19,21,22). The van der Waals surface area contributed by atoms with Gasteiger partial charge in [-0.15, -0.1) is 0 Å². The molecule has 0 bridgehead atoms. The Morgan fingerprint density at radius 1 is 1.25 bits per heavy atom. The van der Waals surface area contributed by atoms with Gasteiger partial charge < -0.3 is 16.4 Å². The van der Waals surface area contributed by atoms with Crippen molar-refractivity contribution < 1.29 is 9.59 Å². The first-order valence-electron chi connectivity index (χ1n) is 8.54. The molecule has 0 saturated heterocycles. The number of nitrogens with two attached hydrogens (primary N) is 1. The van der Waals surface area contributed by atoms with E-state index in [1.165, 1.54) is 6.20 Å². The van der Waals surface area contributed by atoms with Gasteiger partial charge in [0.2, 0.25) is 11.9 Å². The molecule has 2 amide bonds. The first-order valence-corrected chi connectivity index (χ1v) is 8.54. The largest absolute Gasteiger partial charge is 0.365 e. The number of rotatable bonds is 6. The van der Waals surface area contributed by atoms with Crippen molar-refractivity contribution in [2.45, 2.75) is 65.0 Å². The Kier molecular flexibility index (Phi) is 6.11. The molecule has 0 atom stereocenters. The molecule has 7 nitrogen and oxygen atoms in total. The number of nitrogens with one attached hydrogen (secondary N) is 2. The van der Waals surface area contributed by atoms with Crippen LogP contribution in [0.3, 0.4) is 0 Å². The highest BCUT2D eigenvalue weighted by Crippen LogP contribution is 2.22. The first kappa shape index (κ1) is 18.2. The number of carbonyl (C=O) groups excluding carboxylic acids is 2. The van der Waals surface area contributed by atoms with Gasteiger partial charge in [0, 0.05) is 25.2 Å². The van der Waals surface area contributed by atoms with E-state index >= 15 is 0 Å². The molecular weight excluding hydrogens is 306 g/mol. The number of primary amides is 1. The van der Waals surface area contributed by atoms with Gasteiger partial charge >= 0.3 is 0 Å². The molecule has 1 heterocycles. The second kappa shape index (κ2) is 8.08. The van der Waals surface area contributed by atoms with Gasteiger partial charge in [-0.25, -0.2) is 9.97 Å². The summed E-state index contributed by atoms with van der Waals surface area (Å²) in [7, 11) is 0. The number of amides is 2. The smallest absolute Gasteiger partial charge is 0.252 e. The van der Waals surface area contributed by atoms with Crippen LogP contribution < -0.4 is 16.4 Å². The third-order valence-corrected chi connectivity index (χ3v) is 4.20. The average Bonchev–Trinajstić information content (AvgIpc) is 2.48. The van der Waals surface area contributed by atoms with Crippen LogP contribution in [0.1, 0.15) is 62.5 Å². The van der Waals surface area contributed by atoms with E-state index in [2.05, 4.69) is 34.4 Å². The third kappa shape index (κ3) is 5.18. The third-order valence-electron chi connectivity index (χ3n) is 4.20. The minimum absolute atomic E-state index is 0.0233. The Labute approximate surface area is 142 Å². The molecule has 0 unspecified atom stereocenters. The molecule has 132 valence electrons. The fourth-order valence-electron chi connectivity index (χ4n) is 3.09. The van der Waals surface area contributed by atoms with Crippen LogP contribution in [0.2, 0.25) is 0 Å². The molecule has 1 aliphatic carbocycles. The summed E-state index contributed by atoms with van der Waals surface area (Å²) in [6, 6.07) is 0.538. The first-order chi connectivity index (χ1) is 11.3. The summed E-state index contributed by atoms with van der Waals surface area (Å²) in [5.74, 6) is 0.445. The van der Waals surface area contributed by atoms with Crippen molar-refractivity contribution in [2.24, 2.45) is 11.7 Å². The Morgan fingerprint density at radius 3 is 2.42 bits per heavy atom. The quantitative estimate of drug-likeness (QED) is 0.733. The molecule has 1 aromatic rings. The summed E-state index contributed by atoms with van der Waals surface area (Å²) in [6.45, 7) is 5.70. The Morgan fingerprint density at radius 2 is 1.88 bits per heavy atom. The summed E-state index contributed by atoms with van der Waals surface area (Å²) in [6.07, 6.45) is 5.98. The molecule has 4 N–H and O–H groups in total. The lowest BCUT2D eigenvalue weighted by molar-refractivity contribution is -0.119. The van der Waals surface area contributed by atoms with Gasteiger partial charge in [0.15, 0.2) is 0 Å². The molecule has 0 aliphatic heterocycles. The van der Waals surface area contributed by atoms with E-state index in [-0.39, 0.29) is 18.0 Å². The molecule has 1 aromatic heterocycles. The predicted molar refractivity (Wildman–Crippen MR) is 92.6 cm³/mol. The normalized spacial score (nSPS) is 20.7. The van der Waals surface area contributed by atoms with Gasteiger partial charge in [0.25, 0.3) is 5.91 Å². The summed E-state index contributed by atoms with van der Waals surface area (Å²) < 4.78 is 0. The van der Waals surface area contributed by atoms with Gasteiger partial charge in [-0.3, -0.25) is 9.59 Å². The van der Waals surface area contributed by atoms with Crippen molar-refractivity contribution in [1.82, 2.24) is 15.3 Å². The van der Waals surface area contributed by atoms with Crippen LogP contribution >= 0.6 is 0 Å².